The van der Waals surface area contributed by atoms with Crippen LogP contribution in [-0.2, 0) is 10.0 Å². The molecule has 0 radical (unpaired) electrons. The van der Waals surface area contributed by atoms with Crippen molar-refractivity contribution in [1.82, 2.24) is 10.2 Å². The van der Waals surface area contributed by atoms with Gasteiger partial charge in [0.25, 0.3) is 0 Å². The van der Waals surface area contributed by atoms with Crippen LogP contribution in [0.4, 0.5) is 5.69 Å². The van der Waals surface area contributed by atoms with Crippen LogP contribution in [0.15, 0.2) is 0 Å². The number of aryl methyl sites for hydroxylation is 2. The first-order valence-corrected chi connectivity index (χ1v) is 6.53. The molecule has 1 rings (SSSR count). The van der Waals surface area contributed by atoms with Crippen molar-refractivity contribution in [2.75, 3.05) is 4.72 Å². The van der Waals surface area contributed by atoms with E-state index in [1.807, 2.05) is 0 Å². The molecular weight excluding hydrogens is 248 g/mol. The number of thiocarbonyl (C=S) groups is 1. The van der Waals surface area contributed by atoms with E-state index in [9.17, 15) is 8.42 Å². The summed E-state index contributed by atoms with van der Waals surface area (Å²) in [7, 11) is -3.60. The van der Waals surface area contributed by atoms with E-state index < -0.39 is 15.3 Å². The fourth-order valence-electron chi connectivity index (χ4n) is 1.08. The number of H-pyrrole nitrogens is 1. The first kappa shape index (κ1) is 12.9. The van der Waals surface area contributed by atoms with Gasteiger partial charge in [0.15, 0.2) is 0 Å². The summed E-state index contributed by atoms with van der Waals surface area (Å²) in [4.78, 5) is -0.0636. The van der Waals surface area contributed by atoms with Gasteiger partial charge >= 0.3 is 0 Å². The van der Waals surface area contributed by atoms with Gasteiger partial charge in [-0.25, -0.2) is 8.42 Å². The van der Waals surface area contributed by atoms with Crippen LogP contribution in [0, 0.1) is 13.8 Å². The molecule has 0 fully saturated rings. The first-order valence-electron chi connectivity index (χ1n) is 4.58. The summed E-state index contributed by atoms with van der Waals surface area (Å²) in [5.41, 5.74) is 6.99. The molecule has 8 heteroatoms. The maximum Gasteiger partial charge on any atom is 0.242 e. The summed E-state index contributed by atoms with van der Waals surface area (Å²) < 4.78 is 26.1. The van der Waals surface area contributed by atoms with Crippen molar-refractivity contribution in [2.24, 2.45) is 5.73 Å². The molecule has 1 atom stereocenters. The molecule has 0 aliphatic heterocycles. The highest BCUT2D eigenvalue weighted by molar-refractivity contribution is 7.95. The summed E-state index contributed by atoms with van der Waals surface area (Å²) in [6, 6.07) is 0. The number of nitrogens with zero attached hydrogens (tertiary/aromatic N) is 1. The average Bonchev–Trinajstić information content (AvgIpc) is 2.47. The SMILES string of the molecule is Cc1n[nH]c(C)c1NS(=O)(=O)C(C)C(N)=S. The summed E-state index contributed by atoms with van der Waals surface area (Å²) in [6.07, 6.45) is 0. The number of aromatic nitrogens is 2. The van der Waals surface area contributed by atoms with Crippen molar-refractivity contribution in [3.05, 3.63) is 11.4 Å². The number of nitrogens with one attached hydrogen (secondary N) is 2. The quantitative estimate of drug-likeness (QED) is 0.684. The molecule has 0 spiro atoms. The van der Waals surface area contributed by atoms with Crippen LogP contribution in [0.3, 0.4) is 0 Å². The van der Waals surface area contributed by atoms with E-state index in [0.29, 0.717) is 17.1 Å². The van der Waals surface area contributed by atoms with Crippen LogP contribution in [0.2, 0.25) is 0 Å². The zero-order chi connectivity index (χ0) is 12.5. The molecule has 1 aromatic rings. The summed E-state index contributed by atoms with van der Waals surface area (Å²) in [6.45, 7) is 4.87. The highest BCUT2D eigenvalue weighted by Crippen LogP contribution is 2.19. The van der Waals surface area contributed by atoms with Crippen molar-refractivity contribution in [2.45, 2.75) is 26.0 Å². The Morgan fingerprint density at radius 3 is 2.50 bits per heavy atom. The van der Waals surface area contributed by atoms with Crippen LogP contribution in [0.1, 0.15) is 18.3 Å². The zero-order valence-corrected chi connectivity index (χ0v) is 10.9. The lowest BCUT2D eigenvalue weighted by molar-refractivity contribution is 0.598. The monoisotopic (exact) mass is 262 g/mol. The highest BCUT2D eigenvalue weighted by atomic mass is 32.2. The zero-order valence-electron chi connectivity index (χ0n) is 9.23. The average molecular weight is 262 g/mol. The molecule has 90 valence electrons. The van der Waals surface area contributed by atoms with E-state index in [1.54, 1.807) is 13.8 Å². The minimum Gasteiger partial charge on any atom is -0.392 e. The molecule has 16 heavy (non-hydrogen) atoms. The lowest BCUT2D eigenvalue weighted by atomic mass is 10.3. The van der Waals surface area contributed by atoms with E-state index in [4.69, 9.17) is 5.73 Å². The molecule has 1 unspecified atom stereocenters. The number of nitrogens with two attached hydrogens (primary N) is 1. The van der Waals surface area contributed by atoms with E-state index in [-0.39, 0.29) is 4.99 Å². The minimum atomic E-state index is -3.60. The first-order chi connectivity index (χ1) is 7.25. The Hall–Kier alpha value is -1.15. The Morgan fingerprint density at radius 1 is 1.56 bits per heavy atom. The third kappa shape index (κ3) is 2.50. The van der Waals surface area contributed by atoms with Gasteiger partial charge in [-0.3, -0.25) is 9.82 Å². The van der Waals surface area contributed by atoms with E-state index >= 15 is 0 Å². The van der Waals surface area contributed by atoms with Crippen LogP contribution < -0.4 is 10.5 Å². The van der Waals surface area contributed by atoms with Crippen molar-refractivity contribution < 1.29 is 8.42 Å². The molecule has 1 aromatic heterocycles. The van der Waals surface area contributed by atoms with Gasteiger partial charge in [0.2, 0.25) is 10.0 Å². The maximum atomic E-state index is 11.8. The van der Waals surface area contributed by atoms with Crippen LogP contribution in [0.25, 0.3) is 0 Å². The number of sulfonamides is 1. The molecule has 6 nitrogen and oxygen atoms in total. The summed E-state index contributed by atoms with van der Waals surface area (Å²) in [5, 5.41) is 5.65. The van der Waals surface area contributed by atoms with Gasteiger partial charge < -0.3 is 5.73 Å². The Bertz CT molecular complexity index is 487. The molecule has 4 N–H and O–H groups in total. The van der Waals surface area contributed by atoms with Gasteiger partial charge in [0.05, 0.1) is 22.1 Å². The highest BCUT2D eigenvalue weighted by Gasteiger charge is 2.25. The third-order valence-electron chi connectivity index (χ3n) is 2.24. The van der Waals surface area contributed by atoms with Gasteiger partial charge in [-0.2, -0.15) is 5.10 Å². The molecule has 0 aliphatic carbocycles. The number of rotatable bonds is 4. The topological polar surface area (TPSA) is 101 Å². The second-order valence-electron chi connectivity index (χ2n) is 3.50. The number of hydrogen-bond acceptors (Lipinski definition) is 4. The van der Waals surface area contributed by atoms with Gasteiger partial charge in [-0.1, -0.05) is 12.2 Å². The summed E-state index contributed by atoms with van der Waals surface area (Å²) in [5.74, 6) is 0. The van der Waals surface area contributed by atoms with Crippen LogP contribution in [0.5, 0.6) is 0 Å². The normalized spacial score (nSPS) is 13.4. The van der Waals surface area contributed by atoms with Gasteiger partial charge in [-0.15, -0.1) is 0 Å². The van der Waals surface area contributed by atoms with Crippen LogP contribution in [-0.4, -0.2) is 28.9 Å². The van der Waals surface area contributed by atoms with E-state index in [0.717, 1.165) is 0 Å². The Labute approximate surface area is 99.7 Å². The fraction of sp³-hybridized carbons (Fsp3) is 0.500. The predicted molar refractivity (Wildman–Crippen MR) is 66.9 cm³/mol. The van der Waals surface area contributed by atoms with Crippen molar-refractivity contribution >= 4 is 32.9 Å². The Balaban J connectivity index is 3.02. The smallest absolute Gasteiger partial charge is 0.242 e. The second kappa shape index (κ2) is 4.38. The molecule has 0 saturated carbocycles. The van der Waals surface area contributed by atoms with Gasteiger partial charge in [-0.05, 0) is 20.8 Å². The molecule has 0 saturated heterocycles. The number of anilines is 1. The largest absolute Gasteiger partial charge is 0.392 e. The lowest BCUT2D eigenvalue weighted by Crippen LogP contribution is -2.35. The van der Waals surface area contributed by atoms with Crippen molar-refractivity contribution in [3.63, 3.8) is 0 Å². The van der Waals surface area contributed by atoms with E-state index in [1.165, 1.54) is 6.92 Å². The Kier molecular flexibility index (Phi) is 3.54. The standard InChI is InChI=1S/C8H14N4O2S2/c1-4-7(5(2)11-10-4)12-16(13,14)6(3)8(9)15/h6,12H,1-3H3,(H2,9,15)(H,10,11). The molecule has 1 heterocycles. The fourth-order valence-corrected chi connectivity index (χ4v) is 2.53. The maximum absolute atomic E-state index is 11.8. The summed E-state index contributed by atoms with van der Waals surface area (Å²) >= 11 is 4.66. The number of hydrogen-bond donors (Lipinski definition) is 3. The van der Waals surface area contributed by atoms with E-state index in [2.05, 4.69) is 27.1 Å². The third-order valence-corrected chi connectivity index (χ3v) is 4.41. The van der Waals surface area contributed by atoms with Crippen molar-refractivity contribution in [3.8, 4) is 0 Å². The van der Waals surface area contributed by atoms with Crippen LogP contribution >= 0.6 is 12.2 Å². The molecule has 0 bridgehead atoms. The molecule has 0 aromatic carbocycles. The number of aromatic amines is 1. The lowest BCUT2D eigenvalue weighted by Gasteiger charge is -2.13. The molecule has 0 amide bonds. The predicted octanol–water partition coefficient (Wildman–Crippen LogP) is 0.443. The van der Waals surface area contributed by atoms with Crippen molar-refractivity contribution in [1.29, 1.82) is 0 Å². The van der Waals surface area contributed by atoms with Gasteiger partial charge in [0, 0.05) is 0 Å². The minimum absolute atomic E-state index is 0.0636. The molecular formula is C8H14N4O2S2. The molecule has 0 aliphatic rings. The second-order valence-corrected chi connectivity index (χ2v) is 5.97. The Morgan fingerprint density at radius 2 is 2.12 bits per heavy atom. The van der Waals surface area contributed by atoms with Gasteiger partial charge in [0.1, 0.15) is 5.25 Å².